The summed E-state index contributed by atoms with van der Waals surface area (Å²) in [5, 5.41) is 31.4. The van der Waals surface area contributed by atoms with Crippen LogP contribution in [0.2, 0.25) is 0 Å². The fourth-order valence-electron chi connectivity index (χ4n) is 2.93. The molecule has 0 aromatic heterocycles. The predicted molar refractivity (Wildman–Crippen MR) is 95.4 cm³/mol. The Kier molecular flexibility index (Phi) is 7.95. The van der Waals surface area contributed by atoms with Crippen LogP contribution < -0.4 is 0 Å². The molecule has 1 aliphatic rings. The molecule has 0 radical (unpaired) electrons. The Hall–Kier alpha value is -1.28. The second-order valence-corrected chi connectivity index (χ2v) is 7.48. The van der Waals surface area contributed by atoms with Gasteiger partial charge in [0.15, 0.2) is 5.78 Å². The third-order valence-electron chi connectivity index (χ3n) is 5.34. The van der Waals surface area contributed by atoms with Crippen LogP contribution in [0.15, 0.2) is 12.2 Å². The van der Waals surface area contributed by atoms with Gasteiger partial charge in [0.1, 0.15) is 11.7 Å². The van der Waals surface area contributed by atoms with Crippen molar-refractivity contribution >= 4 is 11.8 Å². The largest absolute Gasteiger partial charge is 0.459 e. The number of methoxy groups -OCH3 is 1. The molecule has 1 aliphatic heterocycles. The van der Waals surface area contributed by atoms with Crippen molar-refractivity contribution in [2.45, 2.75) is 82.9 Å². The predicted octanol–water partition coefficient (Wildman–Crippen LogP) is 1.13. The van der Waals surface area contributed by atoms with Gasteiger partial charge in [-0.15, -0.1) is 0 Å². The number of carbonyl (C=O) groups is 2. The standard InChI is InChI=1S/C19H32O7/c1-6-16-18(3,24)9-7-13(20)8-10-19(4,25-5)15(22)11-14(21)12(2)17(23)26-16/h7,9,12,14-16,21-22,24H,6,8,10-11H2,1-5H3/b9-7+/t12-,14+,15-,16-,18+,19-/m1/s1. The lowest BCUT2D eigenvalue weighted by atomic mass is 9.86. The Bertz CT molecular complexity index is 528. The van der Waals surface area contributed by atoms with Gasteiger partial charge in [-0.1, -0.05) is 6.92 Å². The van der Waals surface area contributed by atoms with E-state index in [0.29, 0.717) is 6.42 Å². The van der Waals surface area contributed by atoms with Gasteiger partial charge in [-0.2, -0.15) is 0 Å². The number of hydrogen-bond acceptors (Lipinski definition) is 7. The number of ketones is 1. The first kappa shape index (κ1) is 22.8. The number of esters is 1. The maximum Gasteiger partial charge on any atom is 0.311 e. The van der Waals surface area contributed by atoms with Crippen molar-refractivity contribution in [3.05, 3.63) is 12.2 Å². The Morgan fingerprint density at radius 1 is 1.31 bits per heavy atom. The number of carbonyl (C=O) groups excluding carboxylic acids is 2. The first-order valence-corrected chi connectivity index (χ1v) is 9.03. The Labute approximate surface area is 155 Å². The summed E-state index contributed by atoms with van der Waals surface area (Å²) in [6.07, 6.45) is 0.0988. The molecule has 3 N–H and O–H groups in total. The van der Waals surface area contributed by atoms with E-state index in [1.807, 2.05) is 0 Å². The maximum atomic E-state index is 12.4. The molecular formula is C19H32O7. The lowest BCUT2D eigenvalue weighted by molar-refractivity contribution is -0.169. The van der Waals surface area contributed by atoms with E-state index < -0.39 is 41.4 Å². The van der Waals surface area contributed by atoms with Gasteiger partial charge in [-0.05, 0) is 45.8 Å². The van der Waals surface area contributed by atoms with Crippen molar-refractivity contribution in [1.29, 1.82) is 0 Å². The van der Waals surface area contributed by atoms with E-state index in [9.17, 15) is 24.9 Å². The van der Waals surface area contributed by atoms with Crippen molar-refractivity contribution in [1.82, 2.24) is 0 Å². The zero-order chi connectivity index (χ0) is 20.1. The summed E-state index contributed by atoms with van der Waals surface area (Å²) in [5.41, 5.74) is -2.56. The van der Waals surface area contributed by atoms with Crippen molar-refractivity contribution in [3.63, 3.8) is 0 Å². The van der Waals surface area contributed by atoms with E-state index >= 15 is 0 Å². The van der Waals surface area contributed by atoms with Gasteiger partial charge in [0, 0.05) is 20.0 Å². The quantitative estimate of drug-likeness (QED) is 0.623. The van der Waals surface area contributed by atoms with Crippen molar-refractivity contribution < 1.29 is 34.4 Å². The van der Waals surface area contributed by atoms with Gasteiger partial charge in [-0.25, -0.2) is 0 Å². The Balaban J connectivity index is 3.19. The van der Waals surface area contributed by atoms with E-state index in [2.05, 4.69) is 0 Å². The molecule has 150 valence electrons. The normalized spacial score (nSPS) is 42.0. The fraction of sp³-hybridized carbons (Fsp3) is 0.789. The molecule has 1 rings (SSSR count). The van der Waals surface area contributed by atoms with Crippen LogP contribution >= 0.6 is 0 Å². The zero-order valence-electron chi connectivity index (χ0n) is 16.3. The van der Waals surface area contributed by atoms with Crippen LogP contribution in [0, 0.1) is 5.92 Å². The Morgan fingerprint density at radius 2 is 1.92 bits per heavy atom. The highest BCUT2D eigenvalue weighted by Gasteiger charge is 2.39. The monoisotopic (exact) mass is 372 g/mol. The number of cyclic esters (lactones) is 1. The average Bonchev–Trinajstić information content (AvgIpc) is 2.60. The van der Waals surface area contributed by atoms with E-state index in [1.165, 1.54) is 33.1 Å². The molecule has 7 heteroatoms. The van der Waals surface area contributed by atoms with Crippen molar-refractivity contribution in [2.24, 2.45) is 5.92 Å². The molecule has 0 fully saturated rings. The molecule has 0 saturated heterocycles. The van der Waals surface area contributed by atoms with Gasteiger partial charge in [0.25, 0.3) is 0 Å². The van der Waals surface area contributed by atoms with E-state index in [1.54, 1.807) is 13.8 Å². The highest BCUT2D eigenvalue weighted by Crippen LogP contribution is 2.28. The summed E-state index contributed by atoms with van der Waals surface area (Å²) in [6.45, 7) is 6.38. The molecule has 0 amide bonds. The summed E-state index contributed by atoms with van der Waals surface area (Å²) in [4.78, 5) is 24.5. The lowest BCUT2D eigenvalue weighted by Gasteiger charge is -2.36. The molecule has 0 spiro atoms. The van der Waals surface area contributed by atoms with Crippen LogP contribution in [0.3, 0.4) is 0 Å². The molecule has 0 aliphatic carbocycles. The summed E-state index contributed by atoms with van der Waals surface area (Å²) in [7, 11) is 1.42. The number of ether oxygens (including phenoxy) is 2. The van der Waals surface area contributed by atoms with Gasteiger partial charge in [0.2, 0.25) is 0 Å². The third-order valence-corrected chi connectivity index (χ3v) is 5.34. The smallest absolute Gasteiger partial charge is 0.311 e. The fourth-order valence-corrected chi connectivity index (χ4v) is 2.93. The van der Waals surface area contributed by atoms with Gasteiger partial charge in [0.05, 0.1) is 23.7 Å². The summed E-state index contributed by atoms with van der Waals surface area (Å²) in [5.74, 6) is -1.80. The van der Waals surface area contributed by atoms with Crippen LogP contribution in [-0.2, 0) is 19.1 Å². The van der Waals surface area contributed by atoms with Gasteiger partial charge < -0.3 is 24.8 Å². The van der Waals surface area contributed by atoms with Crippen LogP contribution in [0.5, 0.6) is 0 Å². The lowest BCUT2D eigenvalue weighted by Crippen LogP contribution is -2.46. The molecule has 0 aromatic rings. The summed E-state index contributed by atoms with van der Waals surface area (Å²) < 4.78 is 10.7. The molecule has 0 unspecified atom stereocenters. The van der Waals surface area contributed by atoms with Crippen LogP contribution in [-0.4, -0.2) is 63.7 Å². The minimum atomic E-state index is -1.51. The maximum absolute atomic E-state index is 12.4. The van der Waals surface area contributed by atoms with Crippen LogP contribution in [0.25, 0.3) is 0 Å². The number of aliphatic hydroxyl groups is 3. The highest BCUT2D eigenvalue weighted by molar-refractivity contribution is 5.89. The number of rotatable bonds is 2. The molecule has 0 bridgehead atoms. The molecule has 1 heterocycles. The van der Waals surface area contributed by atoms with E-state index in [4.69, 9.17) is 9.47 Å². The number of hydrogen-bond donors (Lipinski definition) is 3. The van der Waals surface area contributed by atoms with Gasteiger partial charge >= 0.3 is 5.97 Å². The summed E-state index contributed by atoms with van der Waals surface area (Å²) >= 11 is 0. The van der Waals surface area contributed by atoms with Crippen molar-refractivity contribution in [2.75, 3.05) is 7.11 Å². The number of aliphatic hydroxyl groups excluding tert-OH is 2. The molecule has 0 aromatic carbocycles. The highest BCUT2D eigenvalue weighted by atomic mass is 16.6. The minimum absolute atomic E-state index is 0.0994. The number of allylic oxidation sites excluding steroid dienone is 1. The first-order valence-electron chi connectivity index (χ1n) is 9.03. The van der Waals surface area contributed by atoms with E-state index in [0.717, 1.165) is 0 Å². The second kappa shape index (κ2) is 9.08. The molecule has 26 heavy (non-hydrogen) atoms. The van der Waals surface area contributed by atoms with Gasteiger partial charge in [-0.3, -0.25) is 9.59 Å². The molecule has 0 saturated carbocycles. The second-order valence-electron chi connectivity index (χ2n) is 7.48. The van der Waals surface area contributed by atoms with Crippen molar-refractivity contribution in [3.8, 4) is 0 Å². The average molecular weight is 372 g/mol. The van der Waals surface area contributed by atoms with Crippen LogP contribution in [0.4, 0.5) is 0 Å². The summed E-state index contributed by atoms with van der Waals surface area (Å²) in [6, 6.07) is 0. The minimum Gasteiger partial charge on any atom is -0.459 e. The molecule has 6 atom stereocenters. The SMILES string of the molecule is CC[C@H]1OC(=O)[C@H](C)[C@@H](O)C[C@@H](O)[C@](C)(OC)CCC(=O)/C=C/[C@]1(C)O. The Morgan fingerprint density at radius 3 is 2.46 bits per heavy atom. The topological polar surface area (TPSA) is 113 Å². The third kappa shape index (κ3) is 5.61. The molecule has 7 nitrogen and oxygen atoms in total. The van der Waals surface area contributed by atoms with E-state index in [-0.39, 0.29) is 25.0 Å². The first-order chi connectivity index (χ1) is 12.0. The molecular weight excluding hydrogens is 340 g/mol. The van der Waals surface area contributed by atoms with Crippen LogP contribution in [0.1, 0.15) is 53.4 Å². The zero-order valence-corrected chi connectivity index (χ0v) is 16.3.